The molecule has 0 saturated heterocycles. The van der Waals surface area contributed by atoms with E-state index < -0.39 is 0 Å². The molecule has 0 spiro atoms. The van der Waals surface area contributed by atoms with Crippen LogP contribution < -0.4 is 0 Å². The van der Waals surface area contributed by atoms with E-state index in [1.165, 1.54) is 16.7 Å². The lowest BCUT2D eigenvalue weighted by Gasteiger charge is -2.05. The van der Waals surface area contributed by atoms with Crippen LogP contribution in [0.5, 0.6) is 0 Å². The summed E-state index contributed by atoms with van der Waals surface area (Å²) in [6.07, 6.45) is 19.3. The fourth-order valence-electron chi connectivity index (χ4n) is 2.00. The molecule has 0 N–H and O–H groups in total. The summed E-state index contributed by atoms with van der Waals surface area (Å²) in [5.41, 5.74) is 4.83. The number of aliphatic imine (C=N–C) groups is 2. The first-order valence-corrected chi connectivity index (χ1v) is 6.37. The van der Waals surface area contributed by atoms with Crippen LogP contribution >= 0.6 is 0 Å². The zero-order chi connectivity index (χ0) is 13.5. The van der Waals surface area contributed by atoms with Crippen molar-refractivity contribution in [3.8, 4) is 0 Å². The second kappa shape index (κ2) is 6.64. The second-order valence-corrected chi connectivity index (χ2v) is 4.56. The van der Waals surface area contributed by atoms with Crippen molar-refractivity contribution >= 4 is 12.9 Å². The number of rotatable bonds is 3. The average molecular weight is 250 g/mol. The van der Waals surface area contributed by atoms with Gasteiger partial charge in [-0.05, 0) is 48.9 Å². The topological polar surface area (TPSA) is 24.7 Å². The van der Waals surface area contributed by atoms with Crippen LogP contribution in [0.15, 0.2) is 81.0 Å². The minimum Gasteiger partial charge on any atom is -0.297 e. The van der Waals surface area contributed by atoms with E-state index in [4.69, 9.17) is 0 Å². The quantitative estimate of drug-likeness (QED) is 0.677. The van der Waals surface area contributed by atoms with E-state index in [1.54, 1.807) is 0 Å². The normalized spacial score (nSPS) is 27.4. The van der Waals surface area contributed by atoms with Gasteiger partial charge in [0.15, 0.2) is 0 Å². The summed E-state index contributed by atoms with van der Waals surface area (Å²) in [7, 11) is 0. The highest BCUT2D eigenvalue weighted by atomic mass is 14.7. The monoisotopic (exact) mass is 250 g/mol. The first-order valence-electron chi connectivity index (χ1n) is 6.37. The molecule has 1 aliphatic heterocycles. The molecule has 0 aromatic rings. The van der Waals surface area contributed by atoms with E-state index in [1.807, 2.05) is 18.5 Å². The number of hydrogen-bond acceptors (Lipinski definition) is 2. The van der Waals surface area contributed by atoms with Gasteiger partial charge in [-0.2, -0.15) is 0 Å². The highest BCUT2D eigenvalue weighted by Crippen LogP contribution is 2.21. The van der Waals surface area contributed by atoms with E-state index in [0.29, 0.717) is 6.54 Å². The lowest BCUT2D eigenvalue weighted by molar-refractivity contribution is 1.07. The van der Waals surface area contributed by atoms with E-state index in [2.05, 4.69) is 60.1 Å². The van der Waals surface area contributed by atoms with Crippen molar-refractivity contribution in [3.63, 3.8) is 0 Å². The molecule has 0 saturated carbocycles. The largest absolute Gasteiger partial charge is 0.297 e. The van der Waals surface area contributed by atoms with Crippen molar-refractivity contribution in [1.29, 1.82) is 0 Å². The minimum absolute atomic E-state index is 0.697. The van der Waals surface area contributed by atoms with Crippen molar-refractivity contribution < 1.29 is 0 Å². The molecule has 2 aliphatic rings. The summed E-state index contributed by atoms with van der Waals surface area (Å²) in [5.74, 6) is 0. The molecule has 2 heteroatoms. The summed E-state index contributed by atoms with van der Waals surface area (Å²) in [5, 5.41) is 0. The van der Waals surface area contributed by atoms with Crippen LogP contribution in [-0.2, 0) is 0 Å². The van der Waals surface area contributed by atoms with Crippen molar-refractivity contribution in [2.45, 2.75) is 13.3 Å². The Kier molecular flexibility index (Phi) is 4.62. The highest BCUT2D eigenvalue weighted by molar-refractivity contribution is 5.73. The van der Waals surface area contributed by atoms with Crippen LogP contribution in [-0.4, -0.2) is 19.5 Å². The van der Waals surface area contributed by atoms with Crippen LogP contribution in [0.2, 0.25) is 0 Å². The van der Waals surface area contributed by atoms with Gasteiger partial charge in [0.25, 0.3) is 0 Å². The molecule has 0 aromatic carbocycles. The Bertz CT molecular complexity index is 564. The molecule has 0 atom stereocenters. The van der Waals surface area contributed by atoms with Crippen LogP contribution in [0.1, 0.15) is 13.3 Å². The molecule has 1 heterocycles. The summed E-state index contributed by atoms with van der Waals surface area (Å²) < 4.78 is 0. The Morgan fingerprint density at radius 2 is 2.16 bits per heavy atom. The first-order chi connectivity index (χ1) is 9.29. The molecule has 0 unspecified atom stereocenters. The standard InChI is InChI=1S/C17H18N2/c1-14-5-4-10-19-13-17(11-14)16-7-3-6-15(8-9-16)12-18-2/h3-7,9-11,13H,2,8,12H2,1H3/b5-4-,10-4?,14-5?,14-11+,17-11?,17-13+,19-10+,19-13?. The highest BCUT2D eigenvalue weighted by Gasteiger charge is 2.04. The van der Waals surface area contributed by atoms with Gasteiger partial charge in [0.05, 0.1) is 6.54 Å². The Hall–Kier alpha value is -2.22. The summed E-state index contributed by atoms with van der Waals surface area (Å²) >= 11 is 0. The Morgan fingerprint density at radius 1 is 1.26 bits per heavy atom. The molecule has 19 heavy (non-hydrogen) atoms. The average Bonchev–Trinajstić information content (AvgIpc) is 2.60. The van der Waals surface area contributed by atoms with E-state index >= 15 is 0 Å². The van der Waals surface area contributed by atoms with Gasteiger partial charge in [-0.3, -0.25) is 9.98 Å². The maximum absolute atomic E-state index is 4.27. The Balaban J connectivity index is 2.23. The third-order valence-corrected chi connectivity index (χ3v) is 2.97. The van der Waals surface area contributed by atoms with Gasteiger partial charge in [0, 0.05) is 12.4 Å². The van der Waals surface area contributed by atoms with Crippen molar-refractivity contribution in [2.75, 3.05) is 6.54 Å². The fraction of sp³-hybridized carbons (Fsp3) is 0.176. The molecule has 2 rings (SSSR count). The van der Waals surface area contributed by atoms with Gasteiger partial charge in [0.1, 0.15) is 0 Å². The third-order valence-electron chi connectivity index (χ3n) is 2.97. The van der Waals surface area contributed by atoms with Crippen LogP contribution in [0.3, 0.4) is 0 Å². The lowest BCUT2D eigenvalue weighted by Crippen LogP contribution is -1.88. The number of nitrogens with zero attached hydrogens (tertiary/aromatic N) is 2. The number of hydrogen-bond donors (Lipinski definition) is 0. The summed E-state index contributed by atoms with van der Waals surface area (Å²) in [6.45, 7) is 6.33. The molecule has 2 nitrogen and oxygen atoms in total. The summed E-state index contributed by atoms with van der Waals surface area (Å²) in [6, 6.07) is 0. The van der Waals surface area contributed by atoms with Gasteiger partial charge >= 0.3 is 0 Å². The maximum Gasteiger partial charge on any atom is 0.0598 e. The fourth-order valence-corrected chi connectivity index (χ4v) is 2.00. The van der Waals surface area contributed by atoms with Crippen molar-refractivity contribution in [3.05, 3.63) is 71.0 Å². The zero-order valence-corrected chi connectivity index (χ0v) is 11.2. The van der Waals surface area contributed by atoms with E-state index in [9.17, 15) is 0 Å². The molecule has 0 fully saturated rings. The molecule has 0 radical (unpaired) electrons. The molecular formula is C17H18N2. The first kappa shape index (κ1) is 13.2. The third kappa shape index (κ3) is 3.88. The molecule has 0 aromatic heterocycles. The van der Waals surface area contributed by atoms with Crippen LogP contribution in [0.25, 0.3) is 0 Å². The molecule has 96 valence electrons. The van der Waals surface area contributed by atoms with Crippen LogP contribution in [0.4, 0.5) is 0 Å². The van der Waals surface area contributed by atoms with Crippen LogP contribution in [0, 0.1) is 0 Å². The summed E-state index contributed by atoms with van der Waals surface area (Å²) in [4.78, 5) is 8.21. The van der Waals surface area contributed by atoms with Crippen molar-refractivity contribution in [2.24, 2.45) is 9.98 Å². The maximum atomic E-state index is 4.27. The molecule has 1 aliphatic carbocycles. The Labute approximate surface area is 114 Å². The number of allylic oxidation sites excluding steroid dienone is 10. The van der Waals surface area contributed by atoms with Gasteiger partial charge in [-0.25, -0.2) is 0 Å². The Morgan fingerprint density at radius 3 is 3.00 bits per heavy atom. The smallest absolute Gasteiger partial charge is 0.0598 e. The SMILES string of the molecule is C=NCC1=CC=CC(C2=C/N=C/C=C\C(C)=C\2)=CC1. The van der Waals surface area contributed by atoms with E-state index in [-0.39, 0.29) is 0 Å². The second-order valence-electron chi connectivity index (χ2n) is 4.56. The predicted octanol–water partition coefficient (Wildman–Crippen LogP) is 3.97. The van der Waals surface area contributed by atoms with Gasteiger partial charge in [0.2, 0.25) is 0 Å². The molecule has 0 amide bonds. The predicted molar refractivity (Wildman–Crippen MR) is 83.8 cm³/mol. The van der Waals surface area contributed by atoms with E-state index in [0.717, 1.165) is 12.0 Å². The minimum atomic E-state index is 0.697. The molecular weight excluding hydrogens is 232 g/mol. The molecule has 0 bridgehead atoms. The van der Waals surface area contributed by atoms with Gasteiger partial charge < -0.3 is 0 Å². The van der Waals surface area contributed by atoms with Crippen molar-refractivity contribution in [1.82, 2.24) is 0 Å². The van der Waals surface area contributed by atoms with Gasteiger partial charge in [-0.15, -0.1) is 0 Å². The lowest BCUT2D eigenvalue weighted by atomic mass is 10.0. The van der Waals surface area contributed by atoms with Gasteiger partial charge in [-0.1, -0.05) is 36.0 Å². The zero-order valence-electron chi connectivity index (χ0n) is 11.2.